The largest absolute Gasteiger partial charge is 0.381 e. The molecule has 1 aromatic carbocycles. The predicted octanol–water partition coefficient (Wildman–Crippen LogP) is 1.99. The fourth-order valence-corrected chi connectivity index (χ4v) is 3.18. The zero-order valence-corrected chi connectivity index (χ0v) is 12.4. The standard InChI is InChI=1S/C16H19F2N3O/c17-14-7-13(9-19)8-15(18)16(14)21-4-2-20(3-5-21)10-12-1-6-22-11-12/h7-8,12H,1-6,10-11H2. The molecule has 2 fully saturated rings. The maximum atomic E-state index is 14.0. The number of anilines is 1. The van der Waals surface area contributed by atoms with Crippen LogP contribution in [0.5, 0.6) is 0 Å². The van der Waals surface area contributed by atoms with Crippen LogP contribution in [0.15, 0.2) is 12.1 Å². The maximum absolute atomic E-state index is 14.0. The second-order valence-electron chi connectivity index (χ2n) is 5.92. The van der Waals surface area contributed by atoms with E-state index in [2.05, 4.69) is 4.90 Å². The summed E-state index contributed by atoms with van der Waals surface area (Å²) in [7, 11) is 0. The molecule has 0 aliphatic carbocycles. The molecule has 0 saturated carbocycles. The minimum atomic E-state index is -0.658. The molecule has 1 aromatic rings. The summed E-state index contributed by atoms with van der Waals surface area (Å²) in [6.45, 7) is 5.41. The van der Waals surface area contributed by atoms with Gasteiger partial charge in [-0.2, -0.15) is 5.26 Å². The lowest BCUT2D eigenvalue weighted by Gasteiger charge is -2.37. The second-order valence-corrected chi connectivity index (χ2v) is 5.92. The van der Waals surface area contributed by atoms with E-state index < -0.39 is 11.6 Å². The minimum Gasteiger partial charge on any atom is -0.381 e. The van der Waals surface area contributed by atoms with Gasteiger partial charge in [0.15, 0.2) is 11.6 Å². The number of rotatable bonds is 3. The molecule has 2 aliphatic rings. The van der Waals surface area contributed by atoms with Crippen molar-refractivity contribution in [2.45, 2.75) is 6.42 Å². The second kappa shape index (κ2) is 6.59. The number of halogens is 2. The summed E-state index contributed by atoms with van der Waals surface area (Å²) >= 11 is 0. The Hall–Kier alpha value is -1.71. The summed E-state index contributed by atoms with van der Waals surface area (Å²) in [6.07, 6.45) is 1.10. The maximum Gasteiger partial charge on any atom is 0.150 e. The van der Waals surface area contributed by atoms with Crippen molar-refractivity contribution in [3.8, 4) is 6.07 Å². The highest BCUT2D eigenvalue weighted by Crippen LogP contribution is 2.26. The molecule has 3 rings (SSSR count). The Bertz CT molecular complexity index is 550. The smallest absolute Gasteiger partial charge is 0.150 e. The lowest BCUT2D eigenvalue weighted by Crippen LogP contribution is -2.48. The highest BCUT2D eigenvalue weighted by atomic mass is 19.1. The summed E-state index contributed by atoms with van der Waals surface area (Å²) < 4.78 is 33.5. The van der Waals surface area contributed by atoms with Crippen LogP contribution in [-0.2, 0) is 4.74 Å². The molecule has 6 heteroatoms. The van der Waals surface area contributed by atoms with Gasteiger partial charge in [-0.25, -0.2) is 8.78 Å². The number of nitriles is 1. The Balaban J connectivity index is 1.62. The molecule has 2 saturated heterocycles. The van der Waals surface area contributed by atoms with Crippen molar-refractivity contribution in [2.24, 2.45) is 5.92 Å². The molecule has 0 bridgehead atoms. The van der Waals surface area contributed by atoms with E-state index in [4.69, 9.17) is 10.00 Å². The van der Waals surface area contributed by atoms with Crippen molar-refractivity contribution in [3.63, 3.8) is 0 Å². The summed E-state index contributed by atoms with van der Waals surface area (Å²) in [5, 5.41) is 8.74. The van der Waals surface area contributed by atoms with Gasteiger partial charge in [-0.3, -0.25) is 4.90 Å². The van der Waals surface area contributed by atoms with E-state index in [0.717, 1.165) is 51.4 Å². The molecule has 1 unspecified atom stereocenters. The van der Waals surface area contributed by atoms with Crippen LogP contribution in [0, 0.1) is 28.9 Å². The third kappa shape index (κ3) is 3.21. The van der Waals surface area contributed by atoms with Crippen molar-refractivity contribution in [1.82, 2.24) is 4.90 Å². The number of ether oxygens (including phenoxy) is 1. The number of hydrogen-bond donors (Lipinski definition) is 0. The van der Waals surface area contributed by atoms with E-state index in [1.165, 1.54) is 0 Å². The molecule has 0 spiro atoms. The first kappa shape index (κ1) is 15.2. The zero-order valence-electron chi connectivity index (χ0n) is 12.4. The SMILES string of the molecule is N#Cc1cc(F)c(N2CCN(CC3CCOC3)CC2)c(F)c1. The molecule has 0 radical (unpaired) electrons. The number of hydrogen-bond acceptors (Lipinski definition) is 4. The number of nitrogens with zero attached hydrogens (tertiary/aromatic N) is 3. The lowest BCUT2D eigenvalue weighted by atomic mass is 10.1. The Morgan fingerprint density at radius 3 is 2.41 bits per heavy atom. The van der Waals surface area contributed by atoms with Gasteiger partial charge in [0.2, 0.25) is 0 Å². The first-order valence-corrected chi connectivity index (χ1v) is 7.61. The Morgan fingerprint density at radius 1 is 1.18 bits per heavy atom. The van der Waals surface area contributed by atoms with E-state index in [0.29, 0.717) is 19.0 Å². The van der Waals surface area contributed by atoms with Crippen LogP contribution in [0.1, 0.15) is 12.0 Å². The molecule has 1 atom stereocenters. The molecule has 2 aliphatic heterocycles. The van der Waals surface area contributed by atoms with E-state index >= 15 is 0 Å². The summed E-state index contributed by atoms with van der Waals surface area (Å²) in [5.41, 5.74) is 0.00136. The van der Waals surface area contributed by atoms with Gasteiger partial charge in [-0.05, 0) is 24.5 Å². The highest BCUT2D eigenvalue weighted by molar-refractivity contribution is 5.53. The first-order chi connectivity index (χ1) is 10.7. The van der Waals surface area contributed by atoms with Gasteiger partial charge in [-0.15, -0.1) is 0 Å². The summed E-state index contributed by atoms with van der Waals surface area (Å²) in [5.74, 6) is -0.738. The summed E-state index contributed by atoms with van der Waals surface area (Å²) in [4.78, 5) is 4.06. The van der Waals surface area contributed by atoms with Gasteiger partial charge in [0.1, 0.15) is 5.69 Å². The van der Waals surface area contributed by atoms with Gasteiger partial charge in [0, 0.05) is 39.3 Å². The first-order valence-electron chi connectivity index (χ1n) is 7.61. The number of benzene rings is 1. The lowest BCUT2D eigenvalue weighted by molar-refractivity contribution is 0.164. The molecule has 118 valence electrons. The fraction of sp³-hybridized carbons (Fsp3) is 0.562. The quantitative estimate of drug-likeness (QED) is 0.856. The van der Waals surface area contributed by atoms with Crippen molar-refractivity contribution in [3.05, 3.63) is 29.3 Å². The summed E-state index contributed by atoms with van der Waals surface area (Å²) in [6, 6.07) is 3.96. The van der Waals surface area contributed by atoms with E-state index in [1.54, 1.807) is 11.0 Å². The fourth-order valence-electron chi connectivity index (χ4n) is 3.18. The third-order valence-corrected chi connectivity index (χ3v) is 4.37. The minimum absolute atomic E-state index is 0.0113. The van der Waals surface area contributed by atoms with Gasteiger partial charge in [0.25, 0.3) is 0 Å². The van der Waals surface area contributed by atoms with Crippen LogP contribution in [0.2, 0.25) is 0 Å². The molecule has 2 heterocycles. The van der Waals surface area contributed by atoms with Crippen LogP contribution < -0.4 is 4.90 Å². The topological polar surface area (TPSA) is 39.5 Å². The van der Waals surface area contributed by atoms with Crippen molar-refractivity contribution in [1.29, 1.82) is 5.26 Å². The molecule has 0 N–H and O–H groups in total. The van der Waals surface area contributed by atoms with Gasteiger partial charge < -0.3 is 9.64 Å². The molecule has 0 amide bonds. The molecule has 4 nitrogen and oxygen atoms in total. The average Bonchev–Trinajstić information content (AvgIpc) is 3.01. The van der Waals surface area contributed by atoms with Crippen LogP contribution in [0.3, 0.4) is 0 Å². The van der Waals surface area contributed by atoms with Crippen molar-refractivity contribution in [2.75, 3.05) is 50.8 Å². The van der Waals surface area contributed by atoms with Gasteiger partial charge in [0.05, 0.1) is 18.2 Å². The Labute approximate surface area is 128 Å². The molecular weight excluding hydrogens is 288 g/mol. The van der Waals surface area contributed by atoms with Crippen molar-refractivity contribution >= 4 is 5.69 Å². The van der Waals surface area contributed by atoms with Crippen LogP contribution in [0.25, 0.3) is 0 Å². The van der Waals surface area contributed by atoms with Gasteiger partial charge >= 0.3 is 0 Å². The van der Waals surface area contributed by atoms with E-state index in [9.17, 15) is 8.78 Å². The Kier molecular flexibility index (Phi) is 4.55. The molecular formula is C16H19F2N3O. The Morgan fingerprint density at radius 2 is 1.86 bits per heavy atom. The van der Waals surface area contributed by atoms with E-state index in [1.807, 2.05) is 0 Å². The predicted molar refractivity (Wildman–Crippen MR) is 78.7 cm³/mol. The van der Waals surface area contributed by atoms with Crippen LogP contribution >= 0.6 is 0 Å². The number of piperazine rings is 1. The monoisotopic (exact) mass is 307 g/mol. The van der Waals surface area contributed by atoms with Crippen LogP contribution in [-0.4, -0.2) is 50.8 Å². The van der Waals surface area contributed by atoms with Crippen molar-refractivity contribution < 1.29 is 13.5 Å². The highest BCUT2D eigenvalue weighted by Gasteiger charge is 2.25. The normalized spacial score (nSPS) is 22.8. The molecule has 0 aromatic heterocycles. The van der Waals surface area contributed by atoms with E-state index in [-0.39, 0.29) is 11.3 Å². The van der Waals surface area contributed by atoms with Gasteiger partial charge in [-0.1, -0.05) is 0 Å². The zero-order chi connectivity index (χ0) is 15.5. The molecule has 22 heavy (non-hydrogen) atoms. The third-order valence-electron chi connectivity index (χ3n) is 4.37. The average molecular weight is 307 g/mol. The van der Waals surface area contributed by atoms with Crippen LogP contribution in [0.4, 0.5) is 14.5 Å².